The van der Waals surface area contributed by atoms with Gasteiger partial charge in [-0.25, -0.2) is 9.59 Å². The Kier molecular flexibility index (Phi) is 9.58. The summed E-state index contributed by atoms with van der Waals surface area (Å²) in [7, 11) is 1.44. The Bertz CT molecular complexity index is 2410. The van der Waals surface area contributed by atoms with Gasteiger partial charge in [0.15, 0.2) is 0 Å². The number of carboxylic acids is 1. The summed E-state index contributed by atoms with van der Waals surface area (Å²) >= 11 is 0. The number of hydrogen-bond acceptors (Lipinski definition) is 5. The monoisotopic (exact) mass is 734 g/mol. The number of methoxy groups -OCH3 is 1. The summed E-state index contributed by atoms with van der Waals surface area (Å²) in [6, 6.07) is 28.9. The minimum absolute atomic E-state index is 0.274. The van der Waals surface area contributed by atoms with Crippen LogP contribution in [0.4, 0.5) is 11.4 Å². The van der Waals surface area contributed by atoms with Gasteiger partial charge in [0.05, 0.1) is 29.6 Å². The molecule has 10 rings (SSSR count). The van der Waals surface area contributed by atoms with Crippen LogP contribution >= 0.6 is 0 Å². The van der Waals surface area contributed by atoms with Crippen molar-refractivity contribution in [2.24, 2.45) is 0 Å². The SMILES string of the molecule is COC(=O)c1ccc2c(C3CCCCC3)c3n(c2c1)CCNc1ccccc1-3.O=C(O)c1ccc2c(C3CCCCC3)c3n(c2c1)CCNc1ccccc1-3. The number of para-hydroxylation sites is 2. The van der Waals surface area contributed by atoms with E-state index in [9.17, 15) is 14.7 Å². The number of aromatic nitrogens is 2. The average Bonchev–Trinajstić information content (AvgIpc) is 3.55. The topological polar surface area (TPSA) is 97.5 Å². The zero-order valence-electron chi connectivity index (χ0n) is 31.7. The lowest BCUT2D eigenvalue weighted by Gasteiger charge is -2.23. The number of fused-ring (bicyclic) bond motifs is 10. The van der Waals surface area contributed by atoms with Crippen molar-refractivity contribution in [3.05, 3.63) is 107 Å². The number of carbonyl (C=O) groups excluding carboxylic acids is 1. The summed E-state index contributed by atoms with van der Waals surface area (Å²) in [5, 5.41) is 19.2. The average molecular weight is 735 g/mol. The number of rotatable bonds is 4. The van der Waals surface area contributed by atoms with Crippen LogP contribution in [0.2, 0.25) is 0 Å². The lowest BCUT2D eigenvalue weighted by molar-refractivity contribution is 0.0600. The summed E-state index contributed by atoms with van der Waals surface area (Å²) in [5.74, 6) is 0.00425. The number of esters is 1. The molecule has 2 aromatic heterocycles. The molecule has 0 atom stereocenters. The van der Waals surface area contributed by atoms with E-state index >= 15 is 0 Å². The van der Waals surface area contributed by atoms with E-state index in [1.807, 2.05) is 24.3 Å². The van der Waals surface area contributed by atoms with E-state index in [2.05, 4.69) is 74.4 Å². The minimum Gasteiger partial charge on any atom is -0.478 e. The molecular formula is C47H50N4O4. The molecule has 4 aromatic carbocycles. The highest BCUT2D eigenvalue weighted by molar-refractivity contribution is 6.01. The van der Waals surface area contributed by atoms with Gasteiger partial charge in [0, 0.05) is 70.5 Å². The molecule has 0 bridgehead atoms. The maximum Gasteiger partial charge on any atom is 0.337 e. The van der Waals surface area contributed by atoms with Crippen LogP contribution in [0, 0.1) is 0 Å². The molecular weight excluding hydrogens is 685 g/mol. The van der Waals surface area contributed by atoms with Crippen molar-refractivity contribution < 1.29 is 19.4 Å². The third-order valence-corrected chi connectivity index (χ3v) is 12.6. The molecule has 2 fully saturated rings. The van der Waals surface area contributed by atoms with Gasteiger partial charge in [0.1, 0.15) is 0 Å². The molecule has 4 aliphatic rings. The second kappa shape index (κ2) is 15.0. The highest BCUT2D eigenvalue weighted by atomic mass is 16.5. The molecule has 4 heterocycles. The quantitative estimate of drug-likeness (QED) is 0.156. The second-order valence-corrected chi connectivity index (χ2v) is 15.7. The van der Waals surface area contributed by atoms with Crippen LogP contribution in [-0.2, 0) is 17.8 Å². The third kappa shape index (κ3) is 6.35. The van der Waals surface area contributed by atoms with E-state index in [-0.39, 0.29) is 5.97 Å². The van der Waals surface area contributed by atoms with Crippen molar-refractivity contribution in [1.29, 1.82) is 0 Å². The van der Waals surface area contributed by atoms with Crippen LogP contribution < -0.4 is 10.6 Å². The number of nitrogens with one attached hydrogen (secondary N) is 2. The largest absolute Gasteiger partial charge is 0.478 e. The van der Waals surface area contributed by atoms with Gasteiger partial charge < -0.3 is 29.6 Å². The molecule has 2 saturated carbocycles. The van der Waals surface area contributed by atoms with Crippen LogP contribution in [0.3, 0.4) is 0 Å². The van der Waals surface area contributed by atoms with Gasteiger partial charge in [-0.15, -0.1) is 0 Å². The van der Waals surface area contributed by atoms with Gasteiger partial charge >= 0.3 is 11.9 Å². The Hall–Kier alpha value is -5.50. The van der Waals surface area contributed by atoms with Gasteiger partial charge in [-0.1, -0.05) is 87.1 Å². The molecule has 0 amide bonds. The lowest BCUT2D eigenvalue weighted by atomic mass is 9.81. The third-order valence-electron chi connectivity index (χ3n) is 12.6. The summed E-state index contributed by atoms with van der Waals surface area (Å²) in [6.07, 6.45) is 12.8. The zero-order valence-corrected chi connectivity index (χ0v) is 31.7. The minimum atomic E-state index is -0.862. The molecule has 2 aliphatic heterocycles. The number of nitrogens with zero attached hydrogens (tertiary/aromatic N) is 2. The predicted octanol–water partition coefficient (Wildman–Crippen LogP) is 11.0. The van der Waals surface area contributed by atoms with E-state index < -0.39 is 5.97 Å². The standard InChI is InChI=1S/C24H26N2O2.C23H24N2O2/c1-28-24(27)17-11-12-19-21(15-17)26-14-13-25-20-10-6-5-9-18(20)23(26)22(19)16-7-3-2-4-8-16;26-23(27)16-10-11-18-20(14-16)25-13-12-24-19-9-5-4-8-17(19)22(25)21(18)15-6-2-1-3-7-15/h5-6,9-12,15-16,25H,2-4,7-8,13-14H2,1H3;4-5,8-11,14-15,24H,1-3,6-7,12-13H2,(H,26,27). The van der Waals surface area contributed by atoms with Crippen molar-refractivity contribution >= 4 is 45.1 Å². The molecule has 8 nitrogen and oxygen atoms in total. The Labute approximate surface area is 322 Å². The first-order chi connectivity index (χ1) is 27.0. The van der Waals surface area contributed by atoms with E-state index in [4.69, 9.17) is 4.74 Å². The first-order valence-corrected chi connectivity index (χ1v) is 20.3. The van der Waals surface area contributed by atoms with E-state index in [0.29, 0.717) is 23.0 Å². The molecule has 0 saturated heterocycles. The fourth-order valence-corrected chi connectivity index (χ4v) is 10.1. The lowest BCUT2D eigenvalue weighted by Crippen LogP contribution is -2.08. The van der Waals surface area contributed by atoms with Crippen LogP contribution in [0.5, 0.6) is 0 Å². The van der Waals surface area contributed by atoms with Crippen molar-refractivity contribution in [3.8, 4) is 22.5 Å². The molecule has 55 heavy (non-hydrogen) atoms. The van der Waals surface area contributed by atoms with Gasteiger partial charge in [-0.2, -0.15) is 0 Å². The summed E-state index contributed by atoms with van der Waals surface area (Å²) < 4.78 is 9.75. The normalized spacial score (nSPS) is 16.9. The maximum atomic E-state index is 12.2. The Morgan fingerprint density at radius 1 is 0.618 bits per heavy atom. The van der Waals surface area contributed by atoms with E-state index in [1.54, 1.807) is 6.07 Å². The highest BCUT2D eigenvalue weighted by Gasteiger charge is 2.30. The summed E-state index contributed by atoms with van der Waals surface area (Å²) in [5.41, 5.74) is 13.6. The molecule has 0 radical (unpaired) electrons. The van der Waals surface area contributed by atoms with E-state index in [1.165, 1.54) is 127 Å². The molecule has 6 aromatic rings. The summed E-state index contributed by atoms with van der Waals surface area (Å²) in [4.78, 5) is 23.7. The molecule has 2 aliphatic carbocycles. The first-order valence-electron chi connectivity index (χ1n) is 20.3. The van der Waals surface area contributed by atoms with Gasteiger partial charge in [-0.05, 0) is 85.0 Å². The number of carboxylic acid groups (broad SMARTS) is 1. The van der Waals surface area contributed by atoms with Crippen molar-refractivity contribution in [2.75, 3.05) is 30.8 Å². The molecule has 3 N–H and O–H groups in total. The number of carbonyl (C=O) groups is 2. The van der Waals surface area contributed by atoms with Crippen LogP contribution in [0.1, 0.15) is 108 Å². The van der Waals surface area contributed by atoms with Crippen molar-refractivity contribution in [1.82, 2.24) is 9.13 Å². The van der Waals surface area contributed by atoms with Crippen LogP contribution in [0.15, 0.2) is 84.9 Å². The Balaban J connectivity index is 0.000000144. The smallest absolute Gasteiger partial charge is 0.337 e. The number of ether oxygens (including phenoxy) is 1. The molecule has 282 valence electrons. The van der Waals surface area contributed by atoms with Crippen molar-refractivity contribution in [3.63, 3.8) is 0 Å². The Morgan fingerprint density at radius 3 is 1.55 bits per heavy atom. The van der Waals surface area contributed by atoms with Gasteiger partial charge in [0.25, 0.3) is 0 Å². The molecule has 8 heteroatoms. The fraction of sp³-hybridized carbons (Fsp3) is 0.362. The van der Waals surface area contributed by atoms with Crippen LogP contribution in [0.25, 0.3) is 44.3 Å². The predicted molar refractivity (Wildman–Crippen MR) is 222 cm³/mol. The zero-order chi connectivity index (χ0) is 37.5. The first kappa shape index (κ1) is 35.2. The van der Waals surface area contributed by atoms with Crippen LogP contribution in [-0.4, -0.2) is 46.4 Å². The van der Waals surface area contributed by atoms with E-state index in [0.717, 1.165) is 37.2 Å². The highest BCUT2D eigenvalue weighted by Crippen LogP contribution is 2.48. The van der Waals surface area contributed by atoms with Gasteiger partial charge in [-0.3, -0.25) is 0 Å². The second-order valence-electron chi connectivity index (χ2n) is 15.7. The Morgan fingerprint density at radius 2 is 1.07 bits per heavy atom. The summed E-state index contributed by atoms with van der Waals surface area (Å²) in [6.45, 7) is 3.45. The number of hydrogen-bond donors (Lipinski definition) is 3. The maximum absolute atomic E-state index is 12.2. The number of aromatic carboxylic acids is 1. The fourth-order valence-electron chi connectivity index (χ4n) is 10.1. The molecule has 0 spiro atoms. The van der Waals surface area contributed by atoms with Gasteiger partial charge in [0.2, 0.25) is 0 Å². The number of anilines is 2. The number of benzene rings is 4. The van der Waals surface area contributed by atoms with Crippen molar-refractivity contribution in [2.45, 2.75) is 89.1 Å². The molecule has 0 unspecified atom stereocenters.